The lowest BCUT2D eigenvalue weighted by molar-refractivity contribution is -0.142. The first-order chi connectivity index (χ1) is 23.0. The van der Waals surface area contributed by atoms with Crippen molar-refractivity contribution < 1.29 is 57.3 Å². The van der Waals surface area contributed by atoms with Gasteiger partial charge in [-0.2, -0.15) is 0 Å². The molecule has 0 radical (unpaired) electrons. The summed E-state index contributed by atoms with van der Waals surface area (Å²) in [6.07, 6.45) is -0.963. The average Bonchev–Trinajstić information content (AvgIpc) is 3.12. The minimum Gasteiger partial charge on any atom is -0.466 e. The molecule has 0 N–H and O–H groups in total. The third-order valence-electron chi connectivity index (χ3n) is 10.9. The molecule has 246 valence electrons. The maximum absolute atomic E-state index is 14.6. The number of ketones is 4. The van der Waals surface area contributed by atoms with Gasteiger partial charge in [0.15, 0.2) is 23.1 Å². The summed E-state index contributed by atoms with van der Waals surface area (Å²) in [5.74, 6) is -11.1. The summed E-state index contributed by atoms with van der Waals surface area (Å²) in [4.78, 5) is 109. The number of hydrogen-bond donors (Lipinski definition) is 0. The summed E-state index contributed by atoms with van der Waals surface area (Å²) in [6, 6.07) is 7.03. The second-order valence-electron chi connectivity index (χ2n) is 12.7. The fraction of sp³-hybridized carbons (Fsp3) is 0.389. The third-order valence-corrected chi connectivity index (χ3v) is 10.9. The highest BCUT2D eigenvalue weighted by Crippen LogP contribution is 2.63. The summed E-state index contributed by atoms with van der Waals surface area (Å²) in [5.41, 5.74) is 1.50. The van der Waals surface area contributed by atoms with Crippen molar-refractivity contribution in [1.29, 1.82) is 0 Å². The number of allylic oxidation sites excluding steroid dienone is 4. The van der Waals surface area contributed by atoms with E-state index in [-0.39, 0.29) is 70.3 Å². The number of fused-ring (bicyclic) bond motifs is 2. The van der Waals surface area contributed by atoms with E-state index in [9.17, 15) is 38.4 Å². The zero-order valence-electron chi connectivity index (χ0n) is 26.5. The monoisotopic (exact) mass is 654 g/mol. The van der Waals surface area contributed by atoms with Crippen LogP contribution in [-0.4, -0.2) is 75.4 Å². The molecular weight excluding hydrogens is 624 g/mol. The Morgan fingerprint density at radius 2 is 0.688 bits per heavy atom. The molecule has 8 rings (SSSR count). The van der Waals surface area contributed by atoms with Gasteiger partial charge in [0.05, 0.1) is 28.4 Å². The number of carbonyl (C=O) groups excluding carboxylic acids is 8. The van der Waals surface area contributed by atoms with Crippen LogP contribution in [0.15, 0.2) is 68.9 Å². The molecule has 7 aliphatic rings. The van der Waals surface area contributed by atoms with Gasteiger partial charge in [-0.15, -0.1) is 0 Å². The summed E-state index contributed by atoms with van der Waals surface area (Å²) in [6.45, 7) is 0. The van der Waals surface area contributed by atoms with Crippen LogP contribution < -0.4 is 0 Å². The molecule has 6 atom stereocenters. The van der Waals surface area contributed by atoms with Crippen LogP contribution >= 0.6 is 0 Å². The van der Waals surface area contributed by atoms with E-state index in [2.05, 4.69) is 0 Å². The number of carbonyl (C=O) groups is 8. The number of methoxy groups -OCH3 is 4. The van der Waals surface area contributed by atoms with Crippen molar-refractivity contribution in [3.63, 3.8) is 0 Å². The van der Waals surface area contributed by atoms with Crippen LogP contribution in [0.3, 0.4) is 0 Å². The minimum atomic E-state index is -1.04. The van der Waals surface area contributed by atoms with Crippen molar-refractivity contribution in [1.82, 2.24) is 0 Å². The van der Waals surface area contributed by atoms with Gasteiger partial charge < -0.3 is 18.9 Å². The Hall–Kier alpha value is -5.26. The molecule has 0 spiro atoms. The van der Waals surface area contributed by atoms with Gasteiger partial charge in [0, 0.05) is 80.1 Å². The van der Waals surface area contributed by atoms with Gasteiger partial charge in [0.2, 0.25) is 0 Å². The van der Waals surface area contributed by atoms with Gasteiger partial charge in [-0.25, -0.2) is 19.2 Å². The SMILES string of the molecule is COC(=O)C1=C(C(=O)OC)C[C@H]2C(=O)C3=C(C(=O)[C@H]2C1)C1C2=C(C(=O)[C@H]4CC(C(=O)OC)=C(C(=O)OC)C[C@H]4C2=O)C3c2ccccc21. The topological polar surface area (TPSA) is 173 Å². The lowest BCUT2D eigenvalue weighted by Crippen LogP contribution is -2.52. The van der Waals surface area contributed by atoms with Gasteiger partial charge >= 0.3 is 23.9 Å². The van der Waals surface area contributed by atoms with Crippen molar-refractivity contribution in [3.8, 4) is 0 Å². The van der Waals surface area contributed by atoms with Gasteiger partial charge in [-0.05, 0) is 36.8 Å². The highest BCUT2D eigenvalue weighted by atomic mass is 16.5. The van der Waals surface area contributed by atoms with E-state index in [1.165, 1.54) is 0 Å². The first-order valence-corrected chi connectivity index (χ1v) is 15.5. The normalized spacial score (nSPS) is 28.7. The van der Waals surface area contributed by atoms with E-state index in [1.807, 2.05) is 0 Å². The molecule has 1 aromatic rings. The Bertz CT molecular complexity index is 1700. The summed E-state index contributed by atoms with van der Waals surface area (Å²) in [7, 11) is 4.59. The van der Waals surface area contributed by atoms with Crippen LogP contribution in [0.5, 0.6) is 0 Å². The van der Waals surface area contributed by atoms with Crippen LogP contribution in [0.25, 0.3) is 0 Å². The molecule has 7 aliphatic carbocycles. The summed E-state index contributed by atoms with van der Waals surface area (Å²) < 4.78 is 19.6. The molecule has 0 amide bonds. The molecule has 2 bridgehead atoms. The maximum atomic E-state index is 14.6. The molecule has 1 aromatic carbocycles. The average molecular weight is 655 g/mol. The highest BCUT2D eigenvalue weighted by molar-refractivity contribution is 6.25. The maximum Gasteiger partial charge on any atom is 0.334 e. The van der Waals surface area contributed by atoms with Crippen molar-refractivity contribution in [2.24, 2.45) is 23.7 Å². The van der Waals surface area contributed by atoms with Crippen LogP contribution in [0, 0.1) is 23.7 Å². The van der Waals surface area contributed by atoms with Crippen LogP contribution in [0.1, 0.15) is 48.6 Å². The van der Waals surface area contributed by atoms with Gasteiger partial charge in [0.25, 0.3) is 0 Å². The van der Waals surface area contributed by atoms with E-state index < -0.39 is 82.5 Å². The van der Waals surface area contributed by atoms with Crippen LogP contribution in [0.2, 0.25) is 0 Å². The Labute approximate surface area is 273 Å². The Morgan fingerprint density at radius 1 is 0.458 bits per heavy atom. The zero-order valence-corrected chi connectivity index (χ0v) is 26.5. The molecular formula is C36H30O12. The van der Waals surface area contributed by atoms with Crippen LogP contribution in [0.4, 0.5) is 0 Å². The Morgan fingerprint density at radius 3 is 0.896 bits per heavy atom. The quantitative estimate of drug-likeness (QED) is 0.342. The highest BCUT2D eigenvalue weighted by Gasteiger charge is 2.61. The predicted molar refractivity (Wildman–Crippen MR) is 161 cm³/mol. The molecule has 12 nitrogen and oxygen atoms in total. The van der Waals surface area contributed by atoms with Crippen molar-refractivity contribution in [2.45, 2.75) is 37.5 Å². The minimum absolute atomic E-state index is 0.0467. The van der Waals surface area contributed by atoms with Crippen LogP contribution in [-0.2, 0) is 57.3 Å². The molecule has 2 unspecified atom stereocenters. The number of rotatable bonds is 4. The van der Waals surface area contributed by atoms with E-state index in [0.29, 0.717) is 11.1 Å². The van der Waals surface area contributed by atoms with Gasteiger partial charge in [0.1, 0.15) is 0 Å². The Balaban J connectivity index is 1.37. The molecule has 48 heavy (non-hydrogen) atoms. The first-order valence-electron chi connectivity index (χ1n) is 15.5. The molecule has 0 fully saturated rings. The number of benzene rings is 1. The summed E-state index contributed by atoms with van der Waals surface area (Å²) >= 11 is 0. The van der Waals surface area contributed by atoms with E-state index in [4.69, 9.17) is 18.9 Å². The van der Waals surface area contributed by atoms with E-state index in [1.54, 1.807) is 24.3 Å². The molecule has 0 saturated carbocycles. The second kappa shape index (κ2) is 11.2. The van der Waals surface area contributed by atoms with E-state index >= 15 is 0 Å². The number of ether oxygens (including phenoxy) is 4. The Kier molecular flexibility index (Phi) is 7.30. The van der Waals surface area contributed by atoms with Gasteiger partial charge in [-0.1, -0.05) is 24.3 Å². The fourth-order valence-electron chi connectivity index (χ4n) is 8.83. The molecule has 0 aliphatic heterocycles. The van der Waals surface area contributed by atoms with Crippen molar-refractivity contribution in [2.75, 3.05) is 28.4 Å². The summed E-state index contributed by atoms with van der Waals surface area (Å²) in [5, 5.41) is 0. The third kappa shape index (κ3) is 4.07. The second-order valence-corrected chi connectivity index (χ2v) is 12.7. The zero-order chi connectivity index (χ0) is 34.3. The molecule has 0 aromatic heterocycles. The van der Waals surface area contributed by atoms with Crippen molar-refractivity contribution >= 4 is 47.0 Å². The smallest absolute Gasteiger partial charge is 0.334 e. The number of esters is 4. The van der Waals surface area contributed by atoms with Crippen molar-refractivity contribution in [3.05, 3.63) is 80.0 Å². The molecule has 0 saturated heterocycles. The largest absolute Gasteiger partial charge is 0.466 e. The standard InChI is InChI=1S/C36H30O12/c1-45-33(41)19-9-15-16(10-20(19)34(42)46-2)30(38)26-24-14-8-6-5-7-13(14)23(25(26)29(15)37)27-28(24)32(40)18-12-22(36(44)48-4)21(35(43)47-3)11-17(18)31(27)39/h5-8,15-18,23-24H,9-12H2,1-4H3/t15-,16+,17+,18-,23?,24?. The predicted octanol–water partition coefficient (Wildman–Crippen LogP) is 2.12. The van der Waals surface area contributed by atoms with Gasteiger partial charge in [-0.3, -0.25) is 19.2 Å². The molecule has 12 heteroatoms. The lowest BCUT2D eigenvalue weighted by atomic mass is 9.49. The number of Topliss-reactive ketones (excluding diaryl/α,β-unsaturated/α-hetero) is 4. The lowest BCUT2D eigenvalue weighted by Gasteiger charge is -2.51. The van der Waals surface area contributed by atoms with E-state index in [0.717, 1.165) is 28.4 Å². The number of hydrogen-bond acceptors (Lipinski definition) is 12. The fourth-order valence-corrected chi connectivity index (χ4v) is 8.83. The molecule has 0 heterocycles. The first kappa shape index (κ1) is 31.3.